The molecule has 3 N–H and O–H groups in total. The molecule has 0 aliphatic carbocycles. The van der Waals surface area contributed by atoms with Crippen molar-refractivity contribution in [1.29, 1.82) is 0 Å². The second-order valence-corrected chi connectivity index (χ2v) is 6.20. The molecular formula is C17H22BrN3. The van der Waals surface area contributed by atoms with Crippen molar-refractivity contribution >= 4 is 15.9 Å². The van der Waals surface area contributed by atoms with Crippen molar-refractivity contribution in [3.05, 3.63) is 62.9 Å². The smallest absolute Gasteiger partial charge is 0.0515 e. The van der Waals surface area contributed by atoms with Gasteiger partial charge < -0.3 is 0 Å². The standard InChI is InChI=1S/C17H22BrN3/c1-4-13-5-6-15(20-10-13)9-16(21-19)14-7-11(2)17(18)12(3)8-14/h5-8,10,16,21H,4,9,19H2,1-3H3. The molecule has 1 aromatic heterocycles. The van der Waals surface area contributed by atoms with E-state index in [1.165, 1.54) is 22.3 Å². The van der Waals surface area contributed by atoms with Crippen molar-refractivity contribution in [2.24, 2.45) is 5.84 Å². The lowest BCUT2D eigenvalue weighted by Crippen LogP contribution is -2.30. The molecule has 2 aromatic rings. The highest BCUT2D eigenvalue weighted by molar-refractivity contribution is 9.10. The van der Waals surface area contributed by atoms with Gasteiger partial charge in [-0.25, -0.2) is 0 Å². The van der Waals surface area contributed by atoms with Gasteiger partial charge in [0.1, 0.15) is 0 Å². The van der Waals surface area contributed by atoms with Gasteiger partial charge in [-0.2, -0.15) is 0 Å². The van der Waals surface area contributed by atoms with Crippen molar-refractivity contribution in [2.45, 2.75) is 39.7 Å². The molecular weight excluding hydrogens is 326 g/mol. The minimum atomic E-state index is 0.0653. The van der Waals surface area contributed by atoms with Crippen LogP contribution in [0.3, 0.4) is 0 Å². The molecule has 1 unspecified atom stereocenters. The Morgan fingerprint density at radius 1 is 1.24 bits per heavy atom. The summed E-state index contributed by atoms with van der Waals surface area (Å²) in [6.07, 6.45) is 3.74. The van der Waals surface area contributed by atoms with Gasteiger partial charge in [0.05, 0.1) is 6.04 Å². The van der Waals surface area contributed by atoms with Gasteiger partial charge in [-0.3, -0.25) is 16.3 Å². The highest BCUT2D eigenvalue weighted by Crippen LogP contribution is 2.26. The van der Waals surface area contributed by atoms with Crippen LogP contribution in [0, 0.1) is 13.8 Å². The monoisotopic (exact) mass is 347 g/mol. The van der Waals surface area contributed by atoms with Crippen LogP contribution in [0.1, 0.15) is 40.9 Å². The average Bonchev–Trinajstić information content (AvgIpc) is 2.50. The number of nitrogens with zero attached hydrogens (tertiary/aromatic N) is 1. The molecule has 0 saturated carbocycles. The third-order valence-electron chi connectivity index (χ3n) is 3.77. The van der Waals surface area contributed by atoms with Gasteiger partial charge in [0.25, 0.3) is 0 Å². The van der Waals surface area contributed by atoms with E-state index in [1.807, 2.05) is 6.20 Å². The maximum Gasteiger partial charge on any atom is 0.0515 e. The zero-order valence-electron chi connectivity index (χ0n) is 12.8. The van der Waals surface area contributed by atoms with Crippen LogP contribution in [0.25, 0.3) is 0 Å². The lowest BCUT2D eigenvalue weighted by Gasteiger charge is -2.18. The number of nitrogens with two attached hydrogens (primary N) is 1. The van der Waals surface area contributed by atoms with E-state index >= 15 is 0 Å². The van der Waals surface area contributed by atoms with Crippen molar-refractivity contribution in [1.82, 2.24) is 10.4 Å². The molecule has 0 amide bonds. The Bertz CT molecular complexity index is 585. The Morgan fingerprint density at radius 2 is 1.90 bits per heavy atom. The van der Waals surface area contributed by atoms with Gasteiger partial charge >= 0.3 is 0 Å². The molecule has 0 bridgehead atoms. The lowest BCUT2D eigenvalue weighted by molar-refractivity contribution is 0.545. The Morgan fingerprint density at radius 3 is 2.38 bits per heavy atom. The molecule has 2 rings (SSSR count). The summed E-state index contributed by atoms with van der Waals surface area (Å²) in [5.74, 6) is 5.76. The molecule has 3 nitrogen and oxygen atoms in total. The van der Waals surface area contributed by atoms with Gasteiger partial charge in [0.2, 0.25) is 0 Å². The molecule has 1 heterocycles. The van der Waals surface area contributed by atoms with E-state index in [0.717, 1.165) is 23.0 Å². The molecule has 4 heteroatoms. The van der Waals surface area contributed by atoms with Crippen LogP contribution in [0.4, 0.5) is 0 Å². The van der Waals surface area contributed by atoms with Crippen molar-refractivity contribution in [2.75, 3.05) is 0 Å². The summed E-state index contributed by atoms with van der Waals surface area (Å²) < 4.78 is 1.16. The van der Waals surface area contributed by atoms with Gasteiger partial charge in [0.15, 0.2) is 0 Å². The zero-order valence-corrected chi connectivity index (χ0v) is 14.4. The number of rotatable bonds is 5. The van der Waals surface area contributed by atoms with Crippen LogP contribution < -0.4 is 11.3 Å². The van der Waals surface area contributed by atoms with Crippen molar-refractivity contribution in [3.63, 3.8) is 0 Å². The number of halogens is 1. The maximum absolute atomic E-state index is 5.76. The topological polar surface area (TPSA) is 50.9 Å². The normalized spacial score (nSPS) is 12.4. The molecule has 0 radical (unpaired) electrons. The molecule has 1 atom stereocenters. The number of hydrogen-bond donors (Lipinski definition) is 2. The maximum atomic E-state index is 5.76. The van der Waals surface area contributed by atoms with Crippen LogP contribution in [0.15, 0.2) is 34.9 Å². The number of pyridine rings is 1. The fourth-order valence-corrected chi connectivity index (χ4v) is 2.68. The second kappa shape index (κ2) is 7.16. The summed E-state index contributed by atoms with van der Waals surface area (Å²) in [7, 11) is 0. The van der Waals surface area contributed by atoms with Crippen LogP contribution in [-0.4, -0.2) is 4.98 Å². The van der Waals surface area contributed by atoms with Gasteiger partial charge in [0, 0.05) is 22.8 Å². The number of benzene rings is 1. The summed E-state index contributed by atoms with van der Waals surface area (Å²) in [4.78, 5) is 4.52. The third-order valence-corrected chi connectivity index (χ3v) is 5.02. The Labute approximate surface area is 135 Å². The molecule has 21 heavy (non-hydrogen) atoms. The number of hydrazine groups is 1. The largest absolute Gasteiger partial charge is 0.271 e. The predicted molar refractivity (Wildman–Crippen MR) is 91.0 cm³/mol. The minimum absolute atomic E-state index is 0.0653. The molecule has 0 aliphatic heterocycles. The van der Waals surface area contributed by atoms with E-state index < -0.39 is 0 Å². The Hall–Kier alpha value is -1.23. The van der Waals surface area contributed by atoms with E-state index in [-0.39, 0.29) is 6.04 Å². The molecule has 1 aromatic carbocycles. The first-order valence-electron chi connectivity index (χ1n) is 7.21. The predicted octanol–water partition coefficient (Wildman–Crippen LogP) is 3.77. The number of aryl methyl sites for hydroxylation is 3. The number of hydrogen-bond acceptors (Lipinski definition) is 3. The highest BCUT2D eigenvalue weighted by Gasteiger charge is 2.14. The summed E-state index contributed by atoms with van der Waals surface area (Å²) in [5.41, 5.74) is 8.85. The van der Waals surface area contributed by atoms with Crippen LogP contribution in [-0.2, 0) is 12.8 Å². The molecule has 0 saturated heterocycles. The molecule has 0 fully saturated rings. The Balaban J connectivity index is 2.23. The summed E-state index contributed by atoms with van der Waals surface area (Å²) in [5, 5.41) is 0. The second-order valence-electron chi connectivity index (χ2n) is 5.40. The van der Waals surface area contributed by atoms with Gasteiger partial charge in [-0.15, -0.1) is 0 Å². The Kier molecular flexibility index (Phi) is 5.51. The minimum Gasteiger partial charge on any atom is -0.271 e. The van der Waals surface area contributed by atoms with Crippen LogP contribution in [0.2, 0.25) is 0 Å². The highest BCUT2D eigenvalue weighted by atomic mass is 79.9. The van der Waals surface area contributed by atoms with Gasteiger partial charge in [-0.05, 0) is 48.6 Å². The SMILES string of the molecule is CCc1ccc(CC(NN)c2cc(C)c(Br)c(C)c2)nc1. The molecule has 112 valence electrons. The average molecular weight is 348 g/mol. The summed E-state index contributed by atoms with van der Waals surface area (Å²) >= 11 is 3.60. The lowest BCUT2D eigenvalue weighted by atomic mass is 9.98. The van der Waals surface area contributed by atoms with E-state index in [1.54, 1.807) is 0 Å². The number of nitrogens with one attached hydrogen (secondary N) is 1. The first kappa shape index (κ1) is 16.1. The fraction of sp³-hybridized carbons (Fsp3) is 0.353. The van der Waals surface area contributed by atoms with Gasteiger partial charge in [-0.1, -0.05) is 41.1 Å². The van der Waals surface area contributed by atoms with E-state index in [9.17, 15) is 0 Å². The third kappa shape index (κ3) is 3.90. The first-order valence-corrected chi connectivity index (χ1v) is 8.01. The first-order chi connectivity index (χ1) is 10.0. The summed E-state index contributed by atoms with van der Waals surface area (Å²) in [6.45, 7) is 6.33. The van der Waals surface area contributed by atoms with Crippen LogP contribution >= 0.6 is 15.9 Å². The quantitative estimate of drug-likeness (QED) is 0.639. The van der Waals surface area contributed by atoms with Crippen molar-refractivity contribution < 1.29 is 0 Å². The molecule has 0 spiro atoms. The number of aromatic nitrogens is 1. The van der Waals surface area contributed by atoms with E-state index in [0.29, 0.717) is 0 Å². The molecule has 0 aliphatic rings. The zero-order chi connectivity index (χ0) is 15.4. The van der Waals surface area contributed by atoms with E-state index in [2.05, 4.69) is 71.4 Å². The van der Waals surface area contributed by atoms with E-state index in [4.69, 9.17) is 5.84 Å². The fourth-order valence-electron chi connectivity index (χ4n) is 2.45. The van der Waals surface area contributed by atoms with Crippen LogP contribution in [0.5, 0.6) is 0 Å². The summed E-state index contributed by atoms with van der Waals surface area (Å²) in [6, 6.07) is 8.62. The van der Waals surface area contributed by atoms with Crippen molar-refractivity contribution in [3.8, 4) is 0 Å².